The molecule has 1 atom stereocenters. The normalized spacial score (nSPS) is 18.1. The number of allylic oxidation sites excluding steroid dienone is 1. The first kappa shape index (κ1) is 13.3. The highest BCUT2D eigenvalue weighted by atomic mass is 15.2. The van der Waals surface area contributed by atoms with E-state index in [1.165, 1.54) is 54.4 Å². The summed E-state index contributed by atoms with van der Waals surface area (Å²) in [5, 5.41) is 0. The van der Waals surface area contributed by atoms with Gasteiger partial charge in [-0.05, 0) is 56.2 Å². The highest BCUT2D eigenvalue weighted by molar-refractivity contribution is 5.40. The van der Waals surface area contributed by atoms with Gasteiger partial charge in [0.05, 0.1) is 6.04 Å². The molecule has 2 nitrogen and oxygen atoms in total. The summed E-state index contributed by atoms with van der Waals surface area (Å²) in [6.45, 7) is 4.34. The third-order valence-corrected chi connectivity index (χ3v) is 3.94. The van der Waals surface area contributed by atoms with E-state index in [9.17, 15) is 0 Å². The highest BCUT2D eigenvalue weighted by Crippen LogP contribution is 2.32. The summed E-state index contributed by atoms with van der Waals surface area (Å²) in [5.41, 5.74) is 8.49. The van der Waals surface area contributed by atoms with Crippen molar-refractivity contribution in [3.05, 3.63) is 46.5 Å². The van der Waals surface area contributed by atoms with Gasteiger partial charge < -0.3 is 0 Å². The van der Waals surface area contributed by atoms with E-state index in [4.69, 9.17) is 5.84 Å². The minimum absolute atomic E-state index is 0.185. The van der Waals surface area contributed by atoms with Crippen LogP contribution in [-0.4, -0.2) is 0 Å². The summed E-state index contributed by atoms with van der Waals surface area (Å²) in [7, 11) is 0. The molecule has 2 rings (SSSR count). The number of nitrogens with two attached hydrogens (primary N) is 1. The van der Waals surface area contributed by atoms with Gasteiger partial charge in [0, 0.05) is 0 Å². The van der Waals surface area contributed by atoms with Crippen LogP contribution in [0, 0.1) is 13.8 Å². The van der Waals surface area contributed by atoms with Crippen LogP contribution in [0.5, 0.6) is 0 Å². The van der Waals surface area contributed by atoms with E-state index in [0.717, 1.165) is 0 Å². The SMILES string of the molecule is Cc1cccc(C)c1C(NN)C1=CCCCCC1. The highest BCUT2D eigenvalue weighted by Gasteiger charge is 2.19. The van der Waals surface area contributed by atoms with Crippen molar-refractivity contribution < 1.29 is 0 Å². The lowest BCUT2D eigenvalue weighted by Gasteiger charge is -2.23. The molecule has 0 aliphatic heterocycles. The average molecular weight is 244 g/mol. The van der Waals surface area contributed by atoms with E-state index in [-0.39, 0.29) is 6.04 Å². The first-order valence-corrected chi connectivity index (χ1v) is 6.95. The van der Waals surface area contributed by atoms with Crippen LogP contribution in [0.25, 0.3) is 0 Å². The van der Waals surface area contributed by atoms with E-state index in [0.29, 0.717) is 0 Å². The second-order valence-corrected chi connectivity index (χ2v) is 5.28. The summed E-state index contributed by atoms with van der Waals surface area (Å²) in [6.07, 6.45) is 8.69. The van der Waals surface area contributed by atoms with E-state index < -0.39 is 0 Å². The Morgan fingerprint density at radius 2 is 1.83 bits per heavy atom. The molecule has 0 amide bonds. The fraction of sp³-hybridized carbons (Fsp3) is 0.500. The number of benzene rings is 1. The van der Waals surface area contributed by atoms with Crippen molar-refractivity contribution in [1.82, 2.24) is 5.43 Å². The molecule has 0 aromatic heterocycles. The molecule has 0 radical (unpaired) electrons. The van der Waals surface area contributed by atoms with Gasteiger partial charge in [0.2, 0.25) is 0 Å². The quantitative estimate of drug-likeness (QED) is 0.483. The number of nitrogens with one attached hydrogen (secondary N) is 1. The fourth-order valence-electron chi connectivity index (χ4n) is 2.96. The Balaban J connectivity index is 2.35. The lowest BCUT2D eigenvalue weighted by molar-refractivity contribution is 0.588. The smallest absolute Gasteiger partial charge is 0.0675 e. The summed E-state index contributed by atoms with van der Waals surface area (Å²) >= 11 is 0. The van der Waals surface area contributed by atoms with Gasteiger partial charge in [-0.15, -0.1) is 0 Å². The predicted molar refractivity (Wildman–Crippen MR) is 77.1 cm³/mol. The zero-order valence-electron chi connectivity index (χ0n) is 11.5. The topological polar surface area (TPSA) is 38.0 Å². The molecule has 3 N–H and O–H groups in total. The molecule has 0 bridgehead atoms. The fourth-order valence-corrected chi connectivity index (χ4v) is 2.96. The summed E-state index contributed by atoms with van der Waals surface area (Å²) in [4.78, 5) is 0. The van der Waals surface area contributed by atoms with Gasteiger partial charge >= 0.3 is 0 Å². The minimum atomic E-state index is 0.185. The Bertz CT molecular complexity index is 414. The molecule has 1 aliphatic rings. The Labute approximate surface area is 110 Å². The number of rotatable bonds is 3. The lowest BCUT2D eigenvalue weighted by Crippen LogP contribution is -2.30. The molecule has 18 heavy (non-hydrogen) atoms. The standard InChI is InChI=1S/C16H24N2/c1-12-8-7-9-13(2)15(12)16(18-17)14-10-5-3-4-6-11-14/h7-10,16,18H,3-6,11,17H2,1-2H3. The molecule has 1 aromatic carbocycles. The summed E-state index contributed by atoms with van der Waals surface area (Å²) in [5.74, 6) is 5.83. The van der Waals surface area contributed by atoms with Gasteiger partial charge in [-0.2, -0.15) is 0 Å². The van der Waals surface area contributed by atoms with Crippen LogP contribution in [-0.2, 0) is 0 Å². The largest absolute Gasteiger partial charge is 0.271 e. The maximum absolute atomic E-state index is 5.83. The molecular weight excluding hydrogens is 220 g/mol. The van der Waals surface area contributed by atoms with Crippen LogP contribution >= 0.6 is 0 Å². The first-order valence-electron chi connectivity index (χ1n) is 6.95. The molecule has 0 saturated heterocycles. The van der Waals surface area contributed by atoms with Crippen LogP contribution in [0.4, 0.5) is 0 Å². The zero-order chi connectivity index (χ0) is 13.0. The third-order valence-electron chi connectivity index (χ3n) is 3.94. The Morgan fingerprint density at radius 1 is 1.11 bits per heavy atom. The molecular formula is C16H24N2. The first-order chi connectivity index (χ1) is 8.74. The van der Waals surface area contributed by atoms with Crippen molar-refractivity contribution in [3.8, 4) is 0 Å². The molecule has 2 heteroatoms. The number of hydrogen-bond donors (Lipinski definition) is 2. The molecule has 0 heterocycles. The van der Waals surface area contributed by atoms with E-state index in [2.05, 4.69) is 43.5 Å². The van der Waals surface area contributed by atoms with Crippen LogP contribution in [0.1, 0.15) is 54.8 Å². The van der Waals surface area contributed by atoms with Crippen LogP contribution in [0.15, 0.2) is 29.8 Å². The molecule has 1 unspecified atom stereocenters. The summed E-state index contributed by atoms with van der Waals surface area (Å²) < 4.78 is 0. The Kier molecular flexibility index (Phi) is 4.56. The molecule has 0 spiro atoms. The van der Waals surface area contributed by atoms with Crippen molar-refractivity contribution in [1.29, 1.82) is 0 Å². The van der Waals surface area contributed by atoms with Crippen LogP contribution in [0.3, 0.4) is 0 Å². The number of hydrazine groups is 1. The van der Waals surface area contributed by atoms with Gasteiger partial charge in [0.1, 0.15) is 0 Å². The predicted octanol–water partition coefficient (Wildman–Crippen LogP) is 3.70. The number of aryl methyl sites for hydroxylation is 2. The maximum atomic E-state index is 5.83. The van der Waals surface area contributed by atoms with Gasteiger partial charge in [-0.25, -0.2) is 5.43 Å². The summed E-state index contributed by atoms with van der Waals surface area (Å²) in [6, 6.07) is 6.64. The van der Waals surface area contributed by atoms with Crippen LogP contribution < -0.4 is 11.3 Å². The second-order valence-electron chi connectivity index (χ2n) is 5.28. The van der Waals surface area contributed by atoms with Crippen molar-refractivity contribution in [2.24, 2.45) is 5.84 Å². The Morgan fingerprint density at radius 3 is 2.50 bits per heavy atom. The van der Waals surface area contributed by atoms with Gasteiger partial charge in [0.15, 0.2) is 0 Å². The molecule has 1 aromatic rings. The lowest BCUT2D eigenvalue weighted by atomic mass is 9.89. The maximum Gasteiger partial charge on any atom is 0.0675 e. The van der Waals surface area contributed by atoms with E-state index in [1.807, 2.05) is 0 Å². The molecule has 98 valence electrons. The van der Waals surface area contributed by atoms with Gasteiger partial charge in [-0.1, -0.05) is 36.3 Å². The van der Waals surface area contributed by atoms with Crippen molar-refractivity contribution in [3.63, 3.8) is 0 Å². The molecule has 0 saturated carbocycles. The van der Waals surface area contributed by atoms with Gasteiger partial charge in [0.25, 0.3) is 0 Å². The second kappa shape index (κ2) is 6.17. The third kappa shape index (κ3) is 2.82. The Hall–Kier alpha value is -1.12. The monoisotopic (exact) mass is 244 g/mol. The van der Waals surface area contributed by atoms with Crippen molar-refractivity contribution in [2.45, 2.75) is 52.0 Å². The molecule has 0 fully saturated rings. The van der Waals surface area contributed by atoms with E-state index >= 15 is 0 Å². The zero-order valence-corrected chi connectivity index (χ0v) is 11.5. The number of hydrogen-bond acceptors (Lipinski definition) is 2. The van der Waals surface area contributed by atoms with Crippen LogP contribution in [0.2, 0.25) is 0 Å². The van der Waals surface area contributed by atoms with Gasteiger partial charge in [-0.3, -0.25) is 5.84 Å². The minimum Gasteiger partial charge on any atom is -0.271 e. The van der Waals surface area contributed by atoms with Crippen molar-refractivity contribution in [2.75, 3.05) is 0 Å². The molecule has 1 aliphatic carbocycles. The van der Waals surface area contributed by atoms with Crippen molar-refractivity contribution >= 4 is 0 Å². The van der Waals surface area contributed by atoms with E-state index in [1.54, 1.807) is 0 Å². The average Bonchev–Trinajstić information content (AvgIpc) is 2.63.